The van der Waals surface area contributed by atoms with Gasteiger partial charge >= 0.3 is 0 Å². The van der Waals surface area contributed by atoms with E-state index in [-0.39, 0.29) is 5.54 Å². The van der Waals surface area contributed by atoms with Gasteiger partial charge in [0.05, 0.1) is 5.54 Å². The summed E-state index contributed by atoms with van der Waals surface area (Å²) < 4.78 is 4.17. The van der Waals surface area contributed by atoms with Crippen LogP contribution < -0.4 is 5.32 Å². The molecule has 0 radical (unpaired) electrons. The maximum Gasteiger partial charge on any atom is 0.203 e. The van der Waals surface area contributed by atoms with E-state index in [1.807, 2.05) is 13.8 Å². The topological polar surface area (TPSA) is 37.8 Å². The molecule has 1 heterocycles. The Hall–Kier alpha value is -0.0600. The first kappa shape index (κ1) is 12.0. The number of anilines is 1. The SMILES string of the molecule is CCc1nsc(NC(C)(CCl)CCl)n1. The molecule has 0 aliphatic heterocycles. The third-order valence-electron chi connectivity index (χ3n) is 1.78. The lowest BCUT2D eigenvalue weighted by molar-refractivity contribution is 0.648. The van der Waals surface area contributed by atoms with Gasteiger partial charge in [0.15, 0.2) is 0 Å². The average molecular weight is 254 g/mol. The largest absolute Gasteiger partial charge is 0.353 e. The zero-order valence-electron chi connectivity index (χ0n) is 8.18. The van der Waals surface area contributed by atoms with Crippen molar-refractivity contribution in [1.29, 1.82) is 0 Å². The van der Waals surface area contributed by atoms with Crippen molar-refractivity contribution in [1.82, 2.24) is 9.36 Å². The zero-order chi connectivity index (χ0) is 10.6. The fourth-order valence-corrected chi connectivity index (χ4v) is 2.03. The molecule has 1 aromatic heterocycles. The van der Waals surface area contributed by atoms with Gasteiger partial charge in [-0.1, -0.05) is 6.92 Å². The van der Waals surface area contributed by atoms with Gasteiger partial charge in [0.25, 0.3) is 0 Å². The van der Waals surface area contributed by atoms with E-state index in [1.54, 1.807) is 0 Å². The molecule has 1 aromatic rings. The summed E-state index contributed by atoms with van der Waals surface area (Å²) in [6.07, 6.45) is 0.844. The van der Waals surface area contributed by atoms with Crippen molar-refractivity contribution in [2.45, 2.75) is 25.8 Å². The molecule has 0 spiro atoms. The predicted octanol–water partition coefficient (Wildman–Crippen LogP) is 2.75. The highest BCUT2D eigenvalue weighted by Crippen LogP contribution is 2.20. The van der Waals surface area contributed by atoms with Crippen molar-refractivity contribution < 1.29 is 0 Å². The van der Waals surface area contributed by atoms with Crippen molar-refractivity contribution >= 4 is 39.9 Å². The molecule has 80 valence electrons. The van der Waals surface area contributed by atoms with E-state index in [4.69, 9.17) is 23.2 Å². The number of nitrogens with one attached hydrogen (secondary N) is 1. The first-order chi connectivity index (χ1) is 6.63. The minimum absolute atomic E-state index is 0.312. The van der Waals surface area contributed by atoms with Crippen molar-refractivity contribution in [3.8, 4) is 0 Å². The van der Waals surface area contributed by atoms with E-state index in [1.165, 1.54) is 11.5 Å². The number of aromatic nitrogens is 2. The van der Waals surface area contributed by atoms with Gasteiger partial charge in [0.2, 0.25) is 5.13 Å². The van der Waals surface area contributed by atoms with Gasteiger partial charge in [0.1, 0.15) is 5.82 Å². The standard InChI is InChI=1S/C8H13Cl2N3S/c1-3-6-11-7(14-13-6)12-8(2,4-9)5-10/h3-5H2,1-2H3,(H,11,12,13). The van der Waals surface area contributed by atoms with E-state index in [0.29, 0.717) is 11.8 Å². The summed E-state index contributed by atoms with van der Waals surface area (Å²) in [6, 6.07) is 0. The molecule has 0 fully saturated rings. The number of aryl methyl sites for hydroxylation is 1. The second kappa shape index (κ2) is 5.14. The molecule has 3 nitrogen and oxygen atoms in total. The van der Waals surface area contributed by atoms with Crippen LogP contribution in [-0.2, 0) is 6.42 Å². The van der Waals surface area contributed by atoms with Crippen LogP contribution in [0.1, 0.15) is 19.7 Å². The Morgan fingerprint density at radius 1 is 1.43 bits per heavy atom. The summed E-state index contributed by atoms with van der Waals surface area (Å²) in [4.78, 5) is 4.29. The molecule has 0 bridgehead atoms. The van der Waals surface area contributed by atoms with E-state index in [0.717, 1.165) is 17.4 Å². The van der Waals surface area contributed by atoms with Crippen LogP contribution in [0.15, 0.2) is 0 Å². The van der Waals surface area contributed by atoms with Crippen molar-refractivity contribution in [2.24, 2.45) is 0 Å². The summed E-state index contributed by atoms with van der Waals surface area (Å²) in [6.45, 7) is 3.98. The number of alkyl halides is 2. The Morgan fingerprint density at radius 3 is 2.50 bits per heavy atom. The number of hydrogen-bond donors (Lipinski definition) is 1. The Balaban J connectivity index is 2.67. The average Bonchev–Trinajstić information content (AvgIpc) is 2.65. The number of rotatable bonds is 5. The van der Waals surface area contributed by atoms with Gasteiger partial charge in [-0.2, -0.15) is 4.37 Å². The minimum Gasteiger partial charge on any atom is -0.353 e. The minimum atomic E-state index is -0.312. The van der Waals surface area contributed by atoms with Crippen LogP contribution >= 0.6 is 34.7 Å². The normalized spacial score (nSPS) is 11.7. The van der Waals surface area contributed by atoms with Gasteiger partial charge in [0, 0.05) is 29.7 Å². The van der Waals surface area contributed by atoms with Gasteiger partial charge in [-0.25, -0.2) is 4.98 Å². The lowest BCUT2D eigenvalue weighted by atomic mass is 10.1. The molecule has 0 saturated heterocycles. The molecular formula is C8H13Cl2N3S. The van der Waals surface area contributed by atoms with Crippen LogP contribution in [0.4, 0.5) is 5.13 Å². The highest BCUT2D eigenvalue weighted by Gasteiger charge is 2.23. The third kappa shape index (κ3) is 2.97. The zero-order valence-corrected chi connectivity index (χ0v) is 10.5. The molecule has 0 saturated carbocycles. The molecule has 1 rings (SSSR count). The Bertz CT molecular complexity index is 286. The second-order valence-corrected chi connectivity index (χ2v) is 4.61. The van der Waals surface area contributed by atoms with Crippen molar-refractivity contribution in [3.05, 3.63) is 5.82 Å². The van der Waals surface area contributed by atoms with Crippen molar-refractivity contribution in [2.75, 3.05) is 17.1 Å². The molecule has 0 aromatic carbocycles. The Kier molecular flexibility index (Phi) is 4.41. The summed E-state index contributed by atoms with van der Waals surface area (Å²) in [5.41, 5.74) is -0.312. The van der Waals surface area contributed by atoms with Gasteiger partial charge in [-0.15, -0.1) is 23.2 Å². The van der Waals surface area contributed by atoms with E-state index in [9.17, 15) is 0 Å². The van der Waals surface area contributed by atoms with Gasteiger partial charge < -0.3 is 5.32 Å². The maximum absolute atomic E-state index is 5.81. The second-order valence-electron chi connectivity index (χ2n) is 3.32. The molecule has 0 aliphatic rings. The molecule has 6 heteroatoms. The number of nitrogens with zero attached hydrogens (tertiary/aromatic N) is 2. The highest BCUT2D eigenvalue weighted by atomic mass is 35.5. The fraction of sp³-hybridized carbons (Fsp3) is 0.750. The van der Waals surface area contributed by atoms with Crippen LogP contribution in [0.2, 0.25) is 0 Å². The highest BCUT2D eigenvalue weighted by molar-refractivity contribution is 7.09. The lowest BCUT2D eigenvalue weighted by Crippen LogP contribution is -2.38. The van der Waals surface area contributed by atoms with Crippen LogP contribution in [0, 0.1) is 0 Å². The van der Waals surface area contributed by atoms with Crippen molar-refractivity contribution in [3.63, 3.8) is 0 Å². The molecule has 1 N–H and O–H groups in total. The number of halogens is 2. The van der Waals surface area contributed by atoms with Crippen LogP contribution in [0.5, 0.6) is 0 Å². The molecule has 0 amide bonds. The molecule has 0 atom stereocenters. The predicted molar refractivity (Wildman–Crippen MR) is 62.8 cm³/mol. The quantitative estimate of drug-likeness (QED) is 0.821. The summed E-state index contributed by atoms with van der Waals surface area (Å²) in [5, 5.41) is 3.97. The van der Waals surface area contributed by atoms with E-state index < -0.39 is 0 Å². The first-order valence-corrected chi connectivity index (χ1v) is 6.20. The molecule has 0 unspecified atom stereocenters. The monoisotopic (exact) mass is 253 g/mol. The smallest absolute Gasteiger partial charge is 0.203 e. The van der Waals surface area contributed by atoms with Crippen LogP contribution in [0.25, 0.3) is 0 Å². The van der Waals surface area contributed by atoms with Gasteiger partial charge in [-0.05, 0) is 6.92 Å². The summed E-state index contributed by atoms with van der Waals surface area (Å²) in [7, 11) is 0. The van der Waals surface area contributed by atoms with Crippen LogP contribution in [-0.4, -0.2) is 26.7 Å². The van der Waals surface area contributed by atoms with Gasteiger partial charge in [-0.3, -0.25) is 0 Å². The lowest BCUT2D eigenvalue weighted by Gasteiger charge is -2.24. The summed E-state index contributed by atoms with van der Waals surface area (Å²) in [5.74, 6) is 1.73. The first-order valence-electron chi connectivity index (χ1n) is 4.36. The van der Waals surface area contributed by atoms with E-state index in [2.05, 4.69) is 14.7 Å². The maximum atomic E-state index is 5.81. The third-order valence-corrected chi connectivity index (χ3v) is 3.63. The van der Waals surface area contributed by atoms with Crippen LogP contribution in [0.3, 0.4) is 0 Å². The molecule has 0 aliphatic carbocycles. The van der Waals surface area contributed by atoms with E-state index >= 15 is 0 Å². The molecule has 14 heavy (non-hydrogen) atoms. The number of hydrogen-bond acceptors (Lipinski definition) is 4. The summed E-state index contributed by atoms with van der Waals surface area (Å²) >= 11 is 13.0. The molecular weight excluding hydrogens is 241 g/mol. The fourth-order valence-electron chi connectivity index (χ4n) is 0.809. The Morgan fingerprint density at radius 2 is 2.07 bits per heavy atom. The Labute approximate surface area is 98.0 Å².